The number of nitrogens with one attached hydrogen (secondary N) is 1. The Hall–Kier alpha value is -2.51. The van der Waals surface area contributed by atoms with Crippen molar-refractivity contribution in [2.24, 2.45) is 20.7 Å². The van der Waals surface area contributed by atoms with Crippen molar-refractivity contribution in [1.29, 1.82) is 5.41 Å². The number of anilines is 1. The number of amidine groups is 1. The summed E-state index contributed by atoms with van der Waals surface area (Å²) in [6, 6.07) is 15.7. The van der Waals surface area contributed by atoms with Gasteiger partial charge in [0.1, 0.15) is 11.8 Å². The Balaban J connectivity index is 1.38. The first kappa shape index (κ1) is 23.6. The number of para-hydroxylation sites is 1. The second-order valence-corrected chi connectivity index (χ2v) is 10.7. The highest BCUT2D eigenvalue weighted by molar-refractivity contribution is 8.22. The van der Waals surface area contributed by atoms with Crippen LogP contribution in [0.15, 0.2) is 74.2 Å². The first-order valence-electron chi connectivity index (χ1n) is 10.2. The molecular formula is C21H22N6O3S3. The SMILES string of the molecule is CC1=NN(c2ccccc2)C(=N)C1C(=S)SN=Nc1ccc(S(=O)(=O)N2CCOCC2)cc1. The number of ether oxygens (including phenoxy) is 1. The lowest BCUT2D eigenvalue weighted by molar-refractivity contribution is 0.0730. The van der Waals surface area contributed by atoms with Gasteiger partial charge in [-0.05, 0) is 43.3 Å². The smallest absolute Gasteiger partial charge is 0.243 e. The van der Waals surface area contributed by atoms with Crippen LogP contribution in [0.5, 0.6) is 0 Å². The molecule has 172 valence electrons. The number of hydrazone groups is 1. The Morgan fingerprint density at radius 1 is 1.15 bits per heavy atom. The van der Waals surface area contributed by atoms with Gasteiger partial charge in [-0.2, -0.15) is 9.41 Å². The number of benzene rings is 2. The Labute approximate surface area is 202 Å². The van der Waals surface area contributed by atoms with Crippen LogP contribution in [-0.2, 0) is 14.8 Å². The van der Waals surface area contributed by atoms with Crippen LogP contribution in [0.4, 0.5) is 11.4 Å². The molecule has 0 bridgehead atoms. The van der Waals surface area contributed by atoms with E-state index in [9.17, 15) is 8.42 Å². The molecule has 2 aliphatic heterocycles. The van der Waals surface area contributed by atoms with Crippen molar-refractivity contribution in [3.63, 3.8) is 0 Å². The van der Waals surface area contributed by atoms with E-state index in [0.29, 0.717) is 41.9 Å². The van der Waals surface area contributed by atoms with Gasteiger partial charge in [-0.15, -0.1) is 9.63 Å². The first-order valence-corrected chi connectivity index (χ1v) is 12.8. The number of nitrogens with zero attached hydrogens (tertiary/aromatic N) is 5. The molecule has 2 aliphatic rings. The highest BCUT2D eigenvalue weighted by atomic mass is 32.2. The highest BCUT2D eigenvalue weighted by Crippen LogP contribution is 2.29. The van der Waals surface area contributed by atoms with E-state index in [1.807, 2.05) is 37.3 Å². The van der Waals surface area contributed by atoms with Gasteiger partial charge in [0.15, 0.2) is 0 Å². The standard InChI is InChI=1S/C21H22N6O3S3/c1-15-19(20(22)27(24-15)17-5-3-2-4-6-17)21(31)32-25-23-16-7-9-18(10-8-16)33(28,29)26-11-13-30-14-12-26/h2-10,19,22H,11-14H2,1H3. The zero-order chi connectivity index (χ0) is 23.4. The topological polar surface area (TPSA) is 111 Å². The summed E-state index contributed by atoms with van der Waals surface area (Å²) >= 11 is 6.50. The molecule has 12 heteroatoms. The molecule has 0 saturated carbocycles. The van der Waals surface area contributed by atoms with Gasteiger partial charge >= 0.3 is 0 Å². The van der Waals surface area contributed by atoms with E-state index >= 15 is 0 Å². The average Bonchev–Trinajstić information content (AvgIpc) is 3.14. The maximum atomic E-state index is 12.7. The molecule has 9 nitrogen and oxygen atoms in total. The summed E-state index contributed by atoms with van der Waals surface area (Å²) in [5.41, 5.74) is 2.02. The minimum Gasteiger partial charge on any atom is -0.379 e. The van der Waals surface area contributed by atoms with Crippen molar-refractivity contribution in [1.82, 2.24) is 4.31 Å². The third-order valence-corrected chi connectivity index (χ3v) is 8.10. The molecule has 33 heavy (non-hydrogen) atoms. The summed E-state index contributed by atoms with van der Waals surface area (Å²) in [4.78, 5) is 0.207. The van der Waals surface area contributed by atoms with Crippen molar-refractivity contribution in [3.05, 3.63) is 54.6 Å². The number of hydrogen-bond acceptors (Lipinski definition) is 9. The molecule has 0 amide bonds. The molecule has 1 N–H and O–H groups in total. The molecular weight excluding hydrogens is 480 g/mol. The van der Waals surface area contributed by atoms with E-state index in [0.717, 1.165) is 17.6 Å². The van der Waals surface area contributed by atoms with Crippen molar-refractivity contribution < 1.29 is 13.2 Å². The van der Waals surface area contributed by atoms with Gasteiger partial charge in [0.25, 0.3) is 0 Å². The van der Waals surface area contributed by atoms with Crippen LogP contribution in [0.2, 0.25) is 0 Å². The maximum Gasteiger partial charge on any atom is 0.243 e. The summed E-state index contributed by atoms with van der Waals surface area (Å²) in [5.74, 6) is -0.172. The summed E-state index contributed by atoms with van der Waals surface area (Å²) in [6.45, 7) is 3.32. The molecule has 1 unspecified atom stereocenters. The molecule has 1 saturated heterocycles. The minimum atomic E-state index is -3.55. The third kappa shape index (κ3) is 5.20. The van der Waals surface area contributed by atoms with Crippen LogP contribution < -0.4 is 5.01 Å². The lowest BCUT2D eigenvalue weighted by Gasteiger charge is -2.25. The predicted octanol–water partition coefficient (Wildman–Crippen LogP) is 4.26. The molecule has 2 heterocycles. The summed E-state index contributed by atoms with van der Waals surface area (Å²) < 4.78 is 36.6. The van der Waals surface area contributed by atoms with E-state index in [2.05, 4.69) is 14.7 Å². The van der Waals surface area contributed by atoms with Gasteiger partial charge in [-0.25, -0.2) is 13.4 Å². The van der Waals surface area contributed by atoms with E-state index in [1.54, 1.807) is 17.1 Å². The Morgan fingerprint density at radius 2 is 1.82 bits per heavy atom. The van der Waals surface area contributed by atoms with Gasteiger partial charge in [0.05, 0.1) is 39.4 Å². The van der Waals surface area contributed by atoms with Gasteiger partial charge in [0.2, 0.25) is 10.0 Å². The fourth-order valence-electron chi connectivity index (χ4n) is 3.42. The molecule has 2 aromatic rings. The zero-order valence-electron chi connectivity index (χ0n) is 17.8. The van der Waals surface area contributed by atoms with Crippen LogP contribution in [0.3, 0.4) is 0 Å². The summed E-state index contributed by atoms with van der Waals surface area (Å²) in [5, 5.41) is 18.7. The average molecular weight is 503 g/mol. The van der Waals surface area contributed by atoms with Crippen molar-refractivity contribution >= 4 is 61.3 Å². The first-order chi connectivity index (χ1) is 15.9. The summed E-state index contributed by atoms with van der Waals surface area (Å²) in [6.07, 6.45) is 0. The number of sulfonamides is 1. The van der Waals surface area contributed by atoms with E-state index in [1.165, 1.54) is 16.4 Å². The van der Waals surface area contributed by atoms with Crippen LogP contribution in [0.1, 0.15) is 6.92 Å². The molecule has 0 spiro atoms. The van der Waals surface area contributed by atoms with Gasteiger partial charge in [-0.3, -0.25) is 5.41 Å². The molecule has 0 aromatic heterocycles. The fraction of sp³-hybridized carbons (Fsp3) is 0.286. The van der Waals surface area contributed by atoms with Crippen LogP contribution in [0.25, 0.3) is 0 Å². The van der Waals surface area contributed by atoms with Crippen molar-refractivity contribution in [3.8, 4) is 0 Å². The Bertz CT molecular complexity index is 1190. The molecule has 1 fully saturated rings. The van der Waals surface area contributed by atoms with Crippen molar-refractivity contribution in [2.75, 3.05) is 31.3 Å². The van der Waals surface area contributed by atoms with Crippen LogP contribution in [-0.4, -0.2) is 54.8 Å². The molecule has 4 rings (SSSR count). The van der Waals surface area contributed by atoms with E-state index in [4.69, 9.17) is 22.4 Å². The monoisotopic (exact) mass is 502 g/mol. The molecule has 0 aliphatic carbocycles. The lowest BCUT2D eigenvalue weighted by Crippen LogP contribution is -2.40. The Kier molecular flexibility index (Phi) is 7.29. The third-order valence-electron chi connectivity index (χ3n) is 5.15. The molecule has 0 radical (unpaired) electrons. The van der Waals surface area contributed by atoms with E-state index in [-0.39, 0.29) is 10.7 Å². The number of hydrogen-bond donors (Lipinski definition) is 1. The van der Waals surface area contributed by atoms with Crippen LogP contribution >= 0.6 is 24.2 Å². The fourth-order valence-corrected chi connectivity index (χ4v) is 5.81. The summed E-state index contributed by atoms with van der Waals surface area (Å²) in [7, 11) is -3.55. The minimum absolute atomic E-state index is 0.207. The van der Waals surface area contributed by atoms with Gasteiger partial charge < -0.3 is 4.74 Å². The normalized spacial score (nSPS) is 19.8. The maximum absolute atomic E-state index is 12.7. The molecule has 2 aromatic carbocycles. The van der Waals surface area contributed by atoms with Crippen LogP contribution in [0, 0.1) is 11.3 Å². The predicted molar refractivity (Wildman–Crippen MR) is 134 cm³/mol. The number of morpholine rings is 1. The quantitative estimate of drug-likeness (QED) is 0.359. The molecule has 1 atom stereocenters. The largest absolute Gasteiger partial charge is 0.379 e. The Morgan fingerprint density at radius 3 is 2.48 bits per heavy atom. The number of thiocarbonyl (C=S) groups is 1. The second kappa shape index (κ2) is 10.2. The number of rotatable bonds is 6. The highest BCUT2D eigenvalue weighted by Gasteiger charge is 2.34. The lowest BCUT2D eigenvalue weighted by atomic mass is 10.1. The van der Waals surface area contributed by atoms with Gasteiger partial charge in [-0.1, -0.05) is 30.4 Å². The van der Waals surface area contributed by atoms with Gasteiger partial charge in [0, 0.05) is 25.0 Å². The zero-order valence-corrected chi connectivity index (χ0v) is 20.2. The second-order valence-electron chi connectivity index (χ2n) is 7.31. The van der Waals surface area contributed by atoms with Crippen molar-refractivity contribution in [2.45, 2.75) is 11.8 Å². The van der Waals surface area contributed by atoms with E-state index < -0.39 is 15.9 Å².